The van der Waals surface area contributed by atoms with Gasteiger partial charge in [-0.05, 0) is 77.4 Å². The fourth-order valence-electron chi connectivity index (χ4n) is 5.03. The van der Waals surface area contributed by atoms with Gasteiger partial charge in [0.05, 0.1) is 5.02 Å². The summed E-state index contributed by atoms with van der Waals surface area (Å²) in [7, 11) is 0. The average molecular weight is 725 g/mol. The molecule has 1 aromatic heterocycles. The quantitative estimate of drug-likeness (QED) is 0.0810. The molecule has 5 aromatic carbocycles. The molecule has 0 aliphatic carbocycles. The zero-order valence-corrected chi connectivity index (χ0v) is 29.3. The number of anilines is 2. The maximum absolute atomic E-state index is 13.8. The van der Waals surface area contributed by atoms with Crippen LogP contribution >= 0.6 is 23.4 Å². The molecule has 1 atom stereocenters. The van der Waals surface area contributed by atoms with E-state index in [2.05, 4.69) is 20.9 Å². The highest BCUT2D eigenvalue weighted by molar-refractivity contribution is 8.00. The van der Waals surface area contributed by atoms with Crippen LogP contribution in [0.15, 0.2) is 168 Å². The molecule has 0 aliphatic heterocycles. The normalized spacial score (nSPS) is 11.6. The number of ether oxygens (including phenoxy) is 1. The Morgan fingerprint density at radius 2 is 1.44 bits per heavy atom. The number of rotatable bonds is 13. The minimum Gasteiger partial charge on any atom is -0.489 e. The Balaban J connectivity index is 1.20. The van der Waals surface area contributed by atoms with Gasteiger partial charge in [0.1, 0.15) is 29.1 Å². The first kappa shape index (κ1) is 35.7. The molecule has 8 nitrogen and oxygen atoms in total. The molecule has 1 unspecified atom stereocenters. The number of aromatic nitrogens is 1. The third-order valence-corrected chi connectivity index (χ3v) is 9.10. The van der Waals surface area contributed by atoms with Crippen LogP contribution in [0.5, 0.6) is 5.75 Å². The van der Waals surface area contributed by atoms with E-state index in [1.807, 2.05) is 97.1 Å². The van der Waals surface area contributed by atoms with E-state index in [1.54, 1.807) is 60.7 Å². The topological polar surface area (TPSA) is 109 Å². The van der Waals surface area contributed by atoms with Crippen molar-refractivity contribution in [3.63, 3.8) is 0 Å². The number of hydrogen-bond donors (Lipinski definition) is 3. The fraction of sp³-hybridized carbons (Fsp3) is 0.0476. The number of benzene rings is 5. The molecule has 3 N–H and O–H groups in total. The summed E-state index contributed by atoms with van der Waals surface area (Å²) in [5, 5.41) is 8.39. The van der Waals surface area contributed by atoms with Crippen LogP contribution in [-0.4, -0.2) is 22.7 Å². The molecular weight excluding hydrogens is 692 g/mol. The van der Waals surface area contributed by atoms with Crippen LogP contribution in [0.25, 0.3) is 6.08 Å². The van der Waals surface area contributed by atoms with E-state index in [0.717, 1.165) is 16.0 Å². The van der Waals surface area contributed by atoms with E-state index in [0.29, 0.717) is 40.0 Å². The Kier molecular flexibility index (Phi) is 12.1. The van der Waals surface area contributed by atoms with Crippen molar-refractivity contribution in [2.75, 3.05) is 10.6 Å². The largest absolute Gasteiger partial charge is 0.489 e. The number of nitrogens with zero attached hydrogens (tertiary/aromatic N) is 1. The number of carbonyl (C=O) groups excluding carboxylic acids is 3. The zero-order valence-electron chi connectivity index (χ0n) is 27.7. The zero-order chi connectivity index (χ0) is 36.1. The summed E-state index contributed by atoms with van der Waals surface area (Å²) in [6.45, 7) is 0.421. The molecule has 6 rings (SSSR count). The monoisotopic (exact) mass is 724 g/mol. The van der Waals surface area contributed by atoms with Crippen molar-refractivity contribution in [2.45, 2.75) is 16.8 Å². The Labute approximate surface area is 310 Å². The van der Waals surface area contributed by atoms with Crippen molar-refractivity contribution in [3.05, 3.63) is 191 Å². The summed E-state index contributed by atoms with van der Waals surface area (Å²) >= 11 is 7.30. The number of nitrogens with one attached hydrogen (secondary N) is 3. The van der Waals surface area contributed by atoms with Gasteiger partial charge in [-0.3, -0.25) is 14.4 Å². The molecule has 6 aromatic rings. The van der Waals surface area contributed by atoms with E-state index in [1.165, 1.54) is 18.0 Å². The van der Waals surface area contributed by atoms with E-state index in [9.17, 15) is 14.4 Å². The van der Waals surface area contributed by atoms with Gasteiger partial charge in [0.15, 0.2) is 0 Å². The molecule has 258 valence electrons. The molecule has 0 radical (unpaired) electrons. The van der Waals surface area contributed by atoms with E-state index < -0.39 is 17.1 Å². The molecule has 52 heavy (non-hydrogen) atoms. The molecule has 1 heterocycles. The van der Waals surface area contributed by atoms with Crippen LogP contribution in [0.3, 0.4) is 0 Å². The van der Waals surface area contributed by atoms with E-state index in [4.69, 9.17) is 16.3 Å². The summed E-state index contributed by atoms with van der Waals surface area (Å²) in [4.78, 5) is 45.5. The lowest BCUT2D eigenvalue weighted by molar-refractivity contribution is -0.116. The number of carbonyl (C=O) groups is 3. The van der Waals surface area contributed by atoms with Gasteiger partial charge in [-0.25, -0.2) is 4.98 Å². The average Bonchev–Trinajstić information content (AvgIpc) is 3.18. The van der Waals surface area contributed by atoms with Crippen LogP contribution in [0, 0.1) is 0 Å². The second kappa shape index (κ2) is 17.7. The maximum Gasteiger partial charge on any atom is 0.272 e. The summed E-state index contributed by atoms with van der Waals surface area (Å²) < 4.78 is 5.91. The predicted molar refractivity (Wildman–Crippen MR) is 207 cm³/mol. The molecule has 10 heteroatoms. The maximum atomic E-state index is 13.8. The summed E-state index contributed by atoms with van der Waals surface area (Å²) in [6, 6.07) is 45.6. The van der Waals surface area contributed by atoms with Crippen molar-refractivity contribution in [3.8, 4) is 5.75 Å². The van der Waals surface area contributed by atoms with Gasteiger partial charge >= 0.3 is 0 Å². The van der Waals surface area contributed by atoms with Gasteiger partial charge in [-0.1, -0.05) is 109 Å². The predicted octanol–water partition coefficient (Wildman–Crippen LogP) is 9.20. The van der Waals surface area contributed by atoms with Crippen molar-refractivity contribution in [1.82, 2.24) is 10.3 Å². The van der Waals surface area contributed by atoms with Crippen LogP contribution < -0.4 is 20.7 Å². The highest BCUT2D eigenvalue weighted by Gasteiger charge is 2.23. The standard InChI is InChI=1S/C42H33ClN4O4S/c43-33-21-24-38(44-27-33)47-42(50)39(31-13-6-2-7-14-31)52-36-18-10-17-34(26-36)45-41(49)37(46-40(48)32-15-8-3-9-16-32)25-29-19-22-35(23-20-29)51-28-30-11-4-1-5-12-30/h1-27,39H,28H2,(H,45,49)(H,46,48)(H,44,47,50)/b37-25-. The van der Waals surface area contributed by atoms with Crippen molar-refractivity contribution in [2.24, 2.45) is 0 Å². The van der Waals surface area contributed by atoms with Crippen molar-refractivity contribution < 1.29 is 19.1 Å². The molecule has 0 saturated carbocycles. The Hall–Kier alpha value is -6.16. The van der Waals surface area contributed by atoms with Crippen molar-refractivity contribution >= 4 is 58.7 Å². The Morgan fingerprint density at radius 1 is 0.750 bits per heavy atom. The van der Waals surface area contributed by atoms with Gasteiger partial charge in [0, 0.05) is 22.3 Å². The second-order valence-electron chi connectivity index (χ2n) is 11.5. The fourth-order valence-corrected chi connectivity index (χ4v) is 6.23. The molecule has 0 fully saturated rings. The third kappa shape index (κ3) is 10.2. The van der Waals surface area contributed by atoms with Crippen LogP contribution in [0.4, 0.5) is 11.5 Å². The van der Waals surface area contributed by atoms with Gasteiger partial charge in [-0.2, -0.15) is 0 Å². The lowest BCUT2D eigenvalue weighted by atomic mass is 10.1. The lowest BCUT2D eigenvalue weighted by Gasteiger charge is -2.17. The first-order valence-electron chi connectivity index (χ1n) is 16.3. The number of halogens is 1. The van der Waals surface area contributed by atoms with Crippen LogP contribution in [0.1, 0.15) is 32.3 Å². The smallest absolute Gasteiger partial charge is 0.272 e. The Morgan fingerprint density at radius 3 is 2.13 bits per heavy atom. The number of amides is 3. The minimum atomic E-state index is -0.634. The van der Waals surface area contributed by atoms with Crippen LogP contribution in [-0.2, 0) is 16.2 Å². The van der Waals surface area contributed by atoms with Gasteiger partial charge in [-0.15, -0.1) is 11.8 Å². The SMILES string of the molecule is O=C(Nc1cccc(SC(C(=O)Nc2ccc(Cl)cn2)c2ccccc2)c1)/C(=C/c1ccc(OCc2ccccc2)cc1)NC(=O)c1ccccc1. The number of hydrogen-bond acceptors (Lipinski definition) is 6. The first-order chi connectivity index (χ1) is 25.4. The molecular formula is C42H33ClN4O4S. The van der Waals surface area contributed by atoms with E-state index >= 15 is 0 Å². The summed E-state index contributed by atoms with van der Waals surface area (Å²) in [5.74, 6) is -0.182. The Bertz CT molecular complexity index is 2150. The molecule has 0 aliphatic rings. The highest BCUT2D eigenvalue weighted by atomic mass is 35.5. The lowest BCUT2D eigenvalue weighted by Crippen LogP contribution is -2.30. The third-order valence-electron chi connectivity index (χ3n) is 7.63. The molecule has 0 spiro atoms. The number of pyridine rings is 1. The summed E-state index contributed by atoms with van der Waals surface area (Å²) in [5.41, 5.74) is 3.45. The molecule has 3 amide bonds. The molecule has 0 saturated heterocycles. The first-order valence-corrected chi connectivity index (χ1v) is 17.6. The molecule has 0 bridgehead atoms. The van der Waals surface area contributed by atoms with Gasteiger partial charge < -0.3 is 20.7 Å². The summed E-state index contributed by atoms with van der Waals surface area (Å²) in [6.07, 6.45) is 3.08. The van der Waals surface area contributed by atoms with E-state index in [-0.39, 0.29) is 11.6 Å². The van der Waals surface area contributed by atoms with Crippen molar-refractivity contribution in [1.29, 1.82) is 0 Å². The van der Waals surface area contributed by atoms with Crippen LogP contribution in [0.2, 0.25) is 5.02 Å². The van der Waals surface area contributed by atoms with Gasteiger partial charge in [0.25, 0.3) is 11.8 Å². The second-order valence-corrected chi connectivity index (χ2v) is 13.1. The number of thioether (sulfide) groups is 1. The van der Waals surface area contributed by atoms with Gasteiger partial charge in [0.2, 0.25) is 5.91 Å². The minimum absolute atomic E-state index is 0.0434. The highest BCUT2D eigenvalue weighted by Crippen LogP contribution is 2.37.